The lowest BCUT2D eigenvalue weighted by atomic mass is 9.67. The average molecular weight is 244 g/mol. The first-order valence-electron chi connectivity index (χ1n) is 6.15. The highest BCUT2D eigenvalue weighted by Crippen LogP contribution is 2.64. The Morgan fingerprint density at radius 2 is 2.00 bits per heavy atom. The molecule has 0 saturated heterocycles. The van der Waals surface area contributed by atoms with Gasteiger partial charge in [-0.1, -0.05) is 36.4 Å². The molecule has 3 fully saturated rings. The van der Waals surface area contributed by atoms with Crippen LogP contribution < -0.4 is 0 Å². The molecule has 18 heavy (non-hydrogen) atoms. The number of benzene rings is 1. The van der Waals surface area contributed by atoms with Crippen molar-refractivity contribution in [2.75, 3.05) is 7.11 Å². The number of methoxy groups -OCH3 is 1. The van der Waals surface area contributed by atoms with Gasteiger partial charge in [-0.25, -0.2) is 0 Å². The minimum absolute atomic E-state index is 0.191. The van der Waals surface area contributed by atoms with E-state index in [4.69, 9.17) is 4.74 Å². The van der Waals surface area contributed by atoms with Gasteiger partial charge in [0.1, 0.15) is 0 Å². The summed E-state index contributed by atoms with van der Waals surface area (Å²) in [7, 11) is 1.41. The van der Waals surface area contributed by atoms with Crippen LogP contribution in [0.1, 0.15) is 24.8 Å². The number of carbonyl (C=O) groups is 1. The molecule has 0 aromatic heterocycles. The summed E-state index contributed by atoms with van der Waals surface area (Å²) in [6, 6.07) is 9.88. The fourth-order valence-electron chi connectivity index (χ4n) is 3.32. The molecule has 0 heterocycles. The lowest BCUT2D eigenvalue weighted by molar-refractivity contribution is -0.166. The summed E-state index contributed by atoms with van der Waals surface area (Å²) < 4.78 is 4.84. The first-order valence-corrected chi connectivity index (χ1v) is 6.15. The molecule has 0 spiro atoms. The third kappa shape index (κ3) is 1.51. The van der Waals surface area contributed by atoms with E-state index in [1.807, 2.05) is 36.4 Å². The Kier molecular flexibility index (Phi) is 2.35. The van der Waals surface area contributed by atoms with Crippen LogP contribution in [0.3, 0.4) is 0 Å². The van der Waals surface area contributed by atoms with Crippen molar-refractivity contribution >= 4 is 12.0 Å². The summed E-state index contributed by atoms with van der Waals surface area (Å²) in [5.74, 6) is -0.191. The number of ether oxygens (including phenoxy) is 1. The van der Waals surface area contributed by atoms with Crippen molar-refractivity contribution in [2.45, 2.75) is 24.9 Å². The summed E-state index contributed by atoms with van der Waals surface area (Å²) in [6.45, 7) is 0. The zero-order chi connectivity index (χ0) is 12.8. The minimum atomic E-state index is -0.788. The van der Waals surface area contributed by atoms with Crippen LogP contribution in [0, 0.1) is 5.41 Å². The van der Waals surface area contributed by atoms with Gasteiger partial charge in [0.25, 0.3) is 0 Å². The van der Waals surface area contributed by atoms with Gasteiger partial charge < -0.3 is 9.84 Å². The lowest BCUT2D eigenvalue weighted by Gasteiger charge is -2.41. The summed E-state index contributed by atoms with van der Waals surface area (Å²) in [4.78, 5) is 11.8. The number of hydrogen-bond donors (Lipinski definition) is 1. The molecule has 4 rings (SSSR count). The van der Waals surface area contributed by atoms with E-state index in [9.17, 15) is 9.90 Å². The van der Waals surface area contributed by atoms with E-state index in [1.54, 1.807) is 0 Å². The highest BCUT2D eigenvalue weighted by atomic mass is 16.5. The second kappa shape index (κ2) is 3.69. The van der Waals surface area contributed by atoms with Gasteiger partial charge in [0.2, 0.25) is 0 Å². The Balaban J connectivity index is 1.89. The summed E-state index contributed by atoms with van der Waals surface area (Å²) in [6.07, 6.45) is 3.62. The van der Waals surface area contributed by atoms with Gasteiger partial charge in [-0.15, -0.1) is 0 Å². The van der Waals surface area contributed by atoms with E-state index < -0.39 is 11.0 Å². The molecule has 3 nitrogen and oxygen atoms in total. The second-order valence-corrected chi connectivity index (χ2v) is 5.41. The molecule has 2 bridgehead atoms. The van der Waals surface area contributed by atoms with Crippen LogP contribution in [-0.4, -0.2) is 23.8 Å². The summed E-state index contributed by atoms with van der Waals surface area (Å²) >= 11 is 0. The third-order valence-corrected chi connectivity index (χ3v) is 4.15. The molecular formula is C15H16O3. The maximum atomic E-state index is 11.8. The number of esters is 1. The number of rotatable bonds is 2. The van der Waals surface area contributed by atoms with Crippen molar-refractivity contribution in [2.24, 2.45) is 5.41 Å². The molecule has 0 amide bonds. The van der Waals surface area contributed by atoms with Gasteiger partial charge in [0.05, 0.1) is 18.1 Å². The molecule has 3 aliphatic rings. The van der Waals surface area contributed by atoms with Crippen LogP contribution in [0.2, 0.25) is 0 Å². The Hall–Kier alpha value is -1.61. The second-order valence-electron chi connectivity index (χ2n) is 5.41. The van der Waals surface area contributed by atoms with Gasteiger partial charge in [-0.2, -0.15) is 0 Å². The Labute approximate surface area is 106 Å². The average Bonchev–Trinajstić information content (AvgIpc) is 2.78. The van der Waals surface area contributed by atoms with E-state index in [-0.39, 0.29) is 5.97 Å². The van der Waals surface area contributed by atoms with E-state index in [1.165, 1.54) is 7.11 Å². The lowest BCUT2D eigenvalue weighted by Crippen LogP contribution is -2.48. The van der Waals surface area contributed by atoms with Gasteiger partial charge in [0.15, 0.2) is 0 Å². The smallest absolute Gasteiger partial charge is 0.312 e. The van der Waals surface area contributed by atoms with Crippen LogP contribution in [0.4, 0.5) is 0 Å². The van der Waals surface area contributed by atoms with E-state index in [0.29, 0.717) is 19.3 Å². The summed E-state index contributed by atoms with van der Waals surface area (Å²) in [5, 5.41) is 10.4. The van der Waals surface area contributed by atoms with Crippen LogP contribution in [0.25, 0.3) is 6.08 Å². The van der Waals surface area contributed by atoms with E-state index in [2.05, 4.69) is 0 Å². The fourth-order valence-corrected chi connectivity index (χ4v) is 3.32. The summed E-state index contributed by atoms with van der Waals surface area (Å²) in [5.41, 5.74) is 0.765. The molecule has 3 aliphatic carbocycles. The van der Waals surface area contributed by atoms with Crippen molar-refractivity contribution in [3.63, 3.8) is 0 Å². The van der Waals surface area contributed by atoms with Gasteiger partial charge in [-0.3, -0.25) is 4.79 Å². The molecule has 0 unspecified atom stereocenters. The molecule has 3 heteroatoms. The topological polar surface area (TPSA) is 46.5 Å². The normalized spacial score (nSPS) is 35.3. The first-order chi connectivity index (χ1) is 8.58. The van der Waals surface area contributed by atoms with Crippen LogP contribution in [0.5, 0.6) is 0 Å². The van der Waals surface area contributed by atoms with Crippen molar-refractivity contribution in [3.05, 3.63) is 41.5 Å². The van der Waals surface area contributed by atoms with E-state index in [0.717, 1.165) is 11.1 Å². The Morgan fingerprint density at radius 3 is 2.61 bits per heavy atom. The van der Waals surface area contributed by atoms with Crippen molar-refractivity contribution in [3.8, 4) is 0 Å². The molecule has 0 aliphatic heterocycles. The molecular weight excluding hydrogens is 228 g/mol. The molecule has 1 aromatic carbocycles. The largest absolute Gasteiger partial charge is 0.469 e. The zero-order valence-electron chi connectivity index (χ0n) is 10.3. The maximum absolute atomic E-state index is 11.8. The predicted octanol–water partition coefficient (Wildman–Crippen LogP) is 2.16. The molecule has 1 aromatic rings. The first kappa shape index (κ1) is 11.5. The fraction of sp³-hybridized carbons (Fsp3) is 0.400. The number of hydrogen-bond acceptors (Lipinski definition) is 3. The number of aliphatic hydroxyl groups is 1. The van der Waals surface area contributed by atoms with E-state index >= 15 is 0 Å². The Bertz CT molecular complexity index is 510. The Morgan fingerprint density at radius 1 is 1.33 bits per heavy atom. The highest BCUT2D eigenvalue weighted by molar-refractivity contribution is 5.82. The van der Waals surface area contributed by atoms with Gasteiger partial charge in [0, 0.05) is 0 Å². The number of fused-ring (bicyclic) bond motifs is 1. The van der Waals surface area contributed by atoms with Crippen molar-refractivity contribution < 1.29 is 14.6 Å². The molecule has 3 saturated carbocycles. The minimum Gasteiger partial charge on any atom is -0.469 e. The quantitative estimate of drug-likeness (QED) is 0.811. The van der Waals surface area contributed by atoms with Gasteiger partial charge >= 0.3 is 5.97 Å². The highest BCUT2D eigenvalue weighted by Gasteiger charge is 2.67. The molecule has 0 atom stereocenters. The van der Waals surface area contributed by atoms with Crippen LogP contribution in [-0.2, 0) is 9.53 Å². The maximum Gasteiger partial charge on any atom is 0.312 e. The molecule has 1 N–H and O–H groups in total. The monoisotopic (exact) mass is 244 g/mol. The van der Waals surface area contributed by atoms with Crippen LogP contribution in [0.15, 0.2) is 35.9 Å². The zero-order valence-corrected chi connectivity index (χ0v) is 10.3. The van der Waals surface area contributed by atoms with Crippen molar-refractivity contribution in [1.29, 1.82) is 0 Å². The SMILES string of the molecule is COC(=O)C12C/C(=C\c3ccccc3)C(O)(C1)C2. The number of carbonyl (C=O) groups excluding carboxylic acids is 1. The van der Waals surface area contributed by atoms with Crippen LogP contribution >= 0.6 is 0 Å². The predicted molar refractivity (Wildman–Crippen MR) is 67.7 cm³/mol. The van der Waals surface area contributed by atoms with Crippen molar-refractivity contribution in [1.82, 2.24) is 0 Å². The molecule has 94 valence electrons. The standard InChI is InChI=1S/C15H16O3/c1-18-13(16)14-8-12(15(17,9-14)10-14)7-11-5-3-2-4-6-11/h2-7,17H,8-10H2,1H3/b12-7+. The third-order valence-electron chi connectivity index (χ3n) is 4.15. The van der Waals surface area contributed by atoms with Gasteiger partial charge in [-0.05, 0) is 30.4 Å². The molecule has 0 radical (unpaired) electrons.